The third-order valence-electron chi connectivity index (χ3n) is 4.18. The van der Waals surface area contributed by atoms with Gasteiger partial charge < -0.3 is 19.5 Å². The molecule has 0 fully saturated rings. The summed E-state index contributed by atoms with van der Waals surface area (Å²) in [5, 5.41) is 11.8. The van der Waals surface area contributed by atoms with Crippen molar-refractivity contribution in [3.8, 4) is 17.6 Å². The zero-order valence-electron chi connectivity index (χ0n) is 15.9. The Labute approximate surface area is 154 Å². The molecule has 1 amide bonds. The van der Waals surface area contributed by atoms with E-state index in [1.165, 1.54) is 0 Å². The van der Waals surface area contributed by atoms with Gasteiger partial charge in [-0.3, -0.25) is 9.59 Å². The molecule has 1 rings (SSSR count). The second-order valence-corrected chi connectivity index (χ2v) is 6.40. The lowest BCUT2D eigenvalue weighted by molar-refractivity contribution is -0.149. The minimum absolute atomic E-state index is 0.0739. The van der Waals surface area contributed by atoms with E-state index < -0.39 is 24.0 Å². The number of carbonyl (C=O) groups excluding carboxylic acids is 2. The van der Waals surface area contributed by atoms with Crippen molar-refractivity contribution in [3.05, 3.63) is 23.8 Å². The van der Waals surface area contributed by atoms with Gasteiger partial charge in [0.1, 0.15) is 17.0 Å². The van der Waals surface area contributed by atoms with Crippen LogP contribution in [0.1, 0.15) is 32.8 Å². The highest BCUT2D eigenvalue weighted by molar-refractivity contribution is 5.81. The number of nitrogens with zero attached hydrogens (tertiary/aromatic N) is 1. The lowest BCUT2D eigenvalue weighted by atomic mass is 9.90. The summed E-state index contributed by atoms with van der Waals surface area (Å²) in [5.74, 6) is 0.202. The maximum atomic E-state index is 11.9. The molecule has 7 heteroatoms. The van der Waals surface area contributed by atoms with Gasteiger partial charge >= 0.3 is 5.97 Å². The summed E-state index contributed by atoms with van der Waals surface area (Å²) < 4.78 is 15.4. The van der Waals surface area contributed by atoms with Crippen molar-refractivity contribution < 1.29 is 23.8 Å². The first-order chi connectivity index (χ1) is 12.2. The summed E-state index contributed by atoms with van der Waals surface area (Å²) >= 11 is 0. The fourth-order valence-corrected chi connectivity index (χ4v) is 2.10. The maximum absolute atomic E-state index is 11.9. The molecule has 1 aromatic rings. The molecule has 0 aliphatic heterocycles. The molecule has 0 aromatic heterocycles. The molecule has 0 saturated heterocycles. The molecular formula is C19H26N2O5. The van der Waals surface area contributed by atoms with E-state index in [4.69, 9.17) is 14.2 Å². The molecule has 0 radical (unpaired) electrons. The fraction of sp³-hybridized carbons (Fsp3) is 0.526. The number of hydrogen-bond acceptors (Lipinski definition) is 6. The number of aryl methyl sites for hydroxylation is 1. The van der Waals surface area contributed by atoms with Crippen LogP contribution in [0.15, 0.2) is 18.2 Å². The van der Waals surface area contributed by atoms with Crippen LogP contribution in [0.4, 0.5) is 0 Å². The Morgan fingerprint density at radius 3 is 2.23 bits per heavy atom. The summed E-state index contributed by atoms with van der Waals surface area (Å²) in [6.45, 7) is 4.88. The number of esters is 1. The number of nitriles is 1. The van der Waals surface area contributed by atoms with Crippen LogP contribution >= 0.6 is 0 Å². The molecule has 0 saturated carbocycles. The van der Waals surface area contributed by atoms with E-state index in [1.807, 2.05) is 26.0 Å². The first-order valence-corrected chi connectivity index (χ1v) is 8.34. The van der Waals surface area contributed by atoms with Crippen molar-refractivity contribution in [2.45, 2.75) is 39.2 Å². The molecule has 0 unspecified atom stereocenters. The number of benzene rings is 1. The average molecular weight is 362 g/mol. The molecule has 1 aromatic carbocycles. The second kappa shape index (κ2) is 9.66. The minimum Gasteiger partial charge on any atom is -0.497 e. The highest BCUT2D eigenvalue weighted by atomic mass is 16.5. The molecule has 1 N–H and O–H groups in total. The largest absolute Gasteiger partial charge is 0.497 e. The van der Waals surface area contributed by atoms with E-state index >= 15 is 0 Å². The Bertz CT molecular complexity index is 659. The molecule has 142 valence electrons. The predicted molar refractivity (Wildman–Crippen MR) is 95.8 cm³/mol. The zero-order chi connectivity index (χ0) is 19.7. The standard InChI is InChI=1S/C19H26N2O5/c1-13(2)19(3,12-20)21-17(22)11-26-18(23)7-6-14-8-15(24-4)10-16(9-14)25-5/h8-10,13H,6-7,11H2,1-5H3,(H,21,22)/t19-/m1/s1. The summed E-state index contributed by atoms with van der Waals surface area (Å²) in [6.07, 6.45) is 0.541. The van der Waals surface area contributed by atoms with E-state index in [0.29, 0.717) is 17.9 Å². The third kappa shape index (κ3) is 6.28. The number of ether oxygens (including phenoxy) is 3. The molecule has 1 atom stereocenters. The Hall–Kier alpha value is -2.75. The molecule has 26 heavy (non-hydrogen) atoms. The average Bonchev–Trinajstić information content (AvgIpc) is 2.63. The van der Waals surface area contributed by atoms with Crippen molar-refractivity contribution >= 4 is 11.9 Å². The van der Waals surface area contributed by atoms with Crippen LogP contribution in [0.2, 0.25) is 0 Å². The van der Waals surface area contributed by atoms with Crippen LogP contribution in [-0.2, 0) is 20.7 Å². The van der Waals surface area contributed by atoms with Crippen molar-refractivity contribution in [2.24, 2.45) is 5.92 Å². The van der Waals surface area contributed by atoms with Gasteiger partial charge in [0.15, 0.2) is 6.61 Å². The highest BCUT2D eigenvalue weighted by Crippen LogP contribution is 2.23. The molecule has 7 nitrogen and oxygen atoms in total. The molecule has 0 heterocycles. The van der Waals surface area contributed by atoms with E-state index in [0.717, 1.165) is 5.56 Å². The van der Waals surface area contributed by atoms with E-state index in [9.17, 15) is 14.9 Å². The van der Waals surface area contributed by atoms with Gasteiger partial charge in [0, 0.05) is 12.5 Å². The van der Waals surface area contributed by atoms with Gasteiger partial charge in [0.25, 0.3) is 5.91 Å². The van der Waals surface area contributed by atoms with Crippen LogP contribution < -0.4 is 14.8 Å². The number of hydrogen-bond donors (Lipinski definition) is 1. The molecule has 0 aliphatic carbocycles. The quantitative estimate of drug-likeness (QED) is 0.677. The van der Waals surface area contributed by atoms with Crippen molar-refractivity contribution in [1.29, 1.82) is 5.26 Å². The second-order valence-electron chi connectivity index (χ2n) is 6.40. The molecule has 0 aliphatic rings. The van der Waals surface area contributed by atoms with Crippen LogP contribution in [0.5, 0.6) is 11.5 Å². The molecule has 0 bridgehead atoms. The topological polar surface area (TPSA) is 97.6 Å². The van der Waals surface area contributed by atoms with E-state index in [-0.39, 0.29) is 12.3 Å². The normalized spacial score (nSPS) is 12.7. The van der Waals surface area contributed by atoms with Crippen molar-refractivity contribution in [2.75, 3.05) is 20.8 Å². The predicted octanol–water partition coefficient (Wildman–Crippen LogP) is 2.23. The number of carbonyl (C=O) groups is 2. The molecular weight excluding hydrogens is 336 g/mol. The zero-order valence-corrected chi connectivity index (χ0v) is 15.9. The fourth-order valence-electron chi connectivity index (χ4n) is 2.10. The van der Waals surface area contributed by atoms with Crippen LogP contribution in [0, 0.1) is 17.2 Å². The SMILES string of the molecule is COc1cc(CCC(=O)OCC(=O)N[C@](C)(C#N)C(C)C)cc(OC)c1. The summed E-state index contributed by atoms with van der Waals surface area (Å²) in [5.41, 5.74) is -0.139. The first kappa shape index (κ1) is 21.3. The number of amides is 1. The monoisotopic (exact) mass is 362 g/mol. The Morgan fingerprint density at radius 2 is 1.77 bits per heavy atom. The van der Waals surface area contributed by atoms with Gasteiger partial charge in [-0.2, -0.15) is 5.26 Å². The highest BCUT2D eigenvalue weighted by Gasteiger charge is 2.30. The van der Waals surface area contributed by atoms with E-state index in [1.54, 1.807) is 27.2 Å². The Kier molecular flexibility index (Phi) is 7.91. The van der Waals surface area contributed by atoms with E-state index in [2.05, 4.69) is 11.4 Å². The number of methoxy groups -OCH3 is 2. The van der Waals surface area contributed by atoms with Crippen LogP contribution in [0.3, 0.4) is 0 Å². The van der Waals surface area contributed by atoms with Crippen LogP contribution in [0.25, 0.3) is 0 Å². The number of nitrogens with one attached hydrogen (secondary N) is 1. The number of rotatable bonds is 9. The Balaban J connectivity index is 2.51. The van der Waals surface area contributed by atoms with Gasteiger partial charge in [-0.05, 0) is 37.0 Å². The lowest BCUT2D eigenvalue weighted by Crippen LogP contribution is -2.50. The van der Waals surface area contributed by atoms with Crippen LogP contribution in [-0.4, -0.2) is 38.2 Å². The van der Waals surface area contributed by atoms with Gasteiger partial charge in [-0.1, -0.05) is 13.8 Å². The summed E-state index contributed by atoms with van der Waals surface area (Å²) in [4.78, 5) is 23.8. The lowest BCUT2D eigenvalue weighted by Gasteiger charge is -2.27. The van der Waals surface area contributed by atoms with Gasteiger partial charge in [-0.25, -0.2) is 0 Å². The Morgan fingerprint density at radius 1 is 1.19 bits per heavy atom. The van der Waals surface area contributed by atoms with Gasteiger partial charge in [-0.15, -0.1) is 0 Å². The van der Waals surface area contributed by atoms with Gasteiger partial charge in [0.2, 0.25) is 0 Å². The smallest absolute Gasteiger partial charge is 0.306 e. The first-order valence-electron chi connectivity index (χ1n) is 8.34. The maximum Gasteiger partial charge on any atom is 0.306 e. The summed E-state index contributed by atoms with van der Waals surface area (Å²) in [7, 11) is 3.11. The third-order valence-corrected chi connectivity index (χ3v) is 4.18. The van der Waals surface area contributed by atoms with Crippen molar-refractivity contribution in [1.82, 2.24) is 5.32 Å². The minimum atomic E-state index is -0.999. The van der Waals surface area contributed by atoms with Crippen molar-refractivity contribution in [3.63, 3.8) is 0 Å². The van der Waals surface area contributed by atoms with Gasteiger partial charge in [0.05, 0.1) is 20.3 Å². The summed E-state index contributed by atoms with van der Waals surface area (Å²) in [6, 6.07) is 7.43. The molecule has 0 spiro atoms.